The molecule has 0 aromatic carbocycles. The van der Waals surface area contributed by atoms with E-state index in [1.165, 1.54) is 0 Å². The van der Waals surface area contributed by atoms with Crippen LogP contribution in [0.4, 0.5) is 0 Å². The molecule has 0 aliphatic carbocycles. The van der Waals surface area contributed by atoms with Crippen LogP contribution in [-0.4, -0.2) is 36.2 Å². The maximum Gasteiger partial charge on any atom is 0.253 e. The summed E-state index contributed by atoms with van der Waals surface area (Å²) in [5.74, 6) is -0.0997. The highest BCUT2D eigenvalue weighted by Crippen LogP contribution is 2.20. The van der Waals surface area contributed by atoms with Gasteiger partial charge in [-0.25, -0.2) is 0 Å². The first-order chi connectivity index (χ1) is 9.06. The van der Waals surface area contributed by atoms with Gasteiger partial charge in [0.1, 0.15) is 0 Å². The predicted molar refractivity (Wildman–Crippen MR) is 73.0 cm³/mol. The van der Waals surface area contributed by atoms with E-state index in [1.807, 2.05) is 26.0 Å². The Kier molecular flexibility index (Phi) is 4.17. The number of rotatable bonds is 3. The maximum atomic E-state index is 12.4. The lowest BCUT2D eigenvalue weighted by Gasteiger charge is -2.37. The summed E-state index contributed by atoms with van der Waals surface area (Å²) in [7, 11) is 0. The van der Waals surface area contributed by atoms with Crippen molar-refractivity contribution in [1.82, 2.24) is 10.3 Å². The number of nitrogens with two attached hydrogens (primary N) is 1. The molecule has 2 heterocycles. The molecule has 0 atom stereocenters. The minimum absolute atomic E-state index is 0.0997. The van der Waals surface area contributed by atoms with Gasteiger partial charge in [0.05, 0.1) is 16.8 Å². The number of amides is 1. The van der Waals surface area contributed by atoms with Crippen molar-refractivity contribution in [3.8, 4) is 0 Å². The molecular formula is C14H21N3O2. The quantitative estimate of drug-likeness (QED) is 0.850. The Bertz CT molecular complexity index is 468. The Balaban J connectivity index is 2.15. The maximum absolute atomic E-state index is 12.4. The number of aromatic nitrogens is 1. The molecule has 1 fully saturated rings. The van der Waals surface area contributed by atoms with E-state index >= 15 is 0 Å². The van der Waals surface area contributed by atoms with E-state index < -0.39 is 0 Å². The van der Waals surface area contributed by atoms with Gasteiger partial charge < -0.3 is 15.8 Å². The van der Waals surface area contributed by atoms with Crippen LogP contribution >= 0.6 is 0 Å². The average molecular weight is 263 g/mol. The summed E-state index contributed by atoms with van der Waals surface area (Å²) in [6, 6.07) is 3.66. The molecule has 5 nitrogen and oxygen atoms in total. The summed E-state index contributed by atoms with van der Waals surface area (Å²) in [4.78, 5) is 16.7. The fourth-order valence-electron chi connectivity index (χ4n) is 2.38. The second-order valence-corrected chi connectivity index (χ2v) is 5.14. The molecule has 0 saturated carbocycles. The van der Waals surface area contributed by atoms with Gasteiger partial charge in [-0.15, -0.1) is 0 Å². The van der Waals surface area contributed by atoms with Crippen molar-refractivity contribution in [3.05, 3.63) is 29.1 Å². The molecular weight excluding hydrogens is 242 g/mol. The van der Waals surface area contributed by atoms with Gasteiger partial charge in [-0.05, 0) is 38.8 Å². The zero-order chi connectivity index (χ0) is 13.9. The molecule has 1 aliphatic rings. The number of ether oxygens (including phenoxy) is 1. The van der Waals surface area contributed by atoms with Crippen molar-refractivity contribution in [1.29, 1.82) is 0 Å². The summed E-state index contributed by atoms with van der Waals surface area (Å²) < 4.78 is 5.33. The third-order valence-corrected chi connectivity index (χ3v) is 3.69. The topological polar surface area (TPSA) is 77.2 Å². The Morgan fingerprint density at radius 3 is 2.68 bits per heavy atom. The summed E-state index contributed by atoms with van der Waals surface area (Å²) in [5.41, 5.74) is 7.77. The van der Waals surface area contributed by atoms with Crippen LogP contribution in [0.5, 0.6) is 0 Å². The molecule has 1 saturated heterocycles. The number of carbonyl (C=O) groups is 1. The molecule has 104 valence electrons. The zero-order valence-corrected chi connectivity index (χ0v) is 11.5. The monoisotopic (exact) mass is 263 g/mol. The number of pyridine rings is 1. The average Bonchev–Trinajstić information content (AvgIpc) is 2.39. The van der Waals surface area contributed by atoms with Crippen molar-refractivity contribution < 1.29 is 9.53 Å². The van der Waals surface area contributed by atoms with E-state index in [2.05, 4.69) is 10.3 Å². The molecule has 1 amide bonds. The SMILES string of the molecule is Cc1ccc(C(=O)NC2(CN)CCOCC2)c(C)n1. The third-order valence-electron chi connectivity index (χ3n) is 3.69. The molecule has 3 N–H and O–H groups in total. The smallest absolute Gasteiger partial charge is 0.253 e. The number of nitrogens with zero attached hydrogens (tertiary/aromatic N) is 1. The highest BCUT2D eigenvalue weighted by molar-refractivity contribution is 5.95. The lowest BCUT2D eigenvalue weighted by molar-refractivity contribution is 0.0388. The molecule has 0 bridgehead atoms. The molecule has 2 rings (SSSR count). The third kappa shape index (κ3) is 3.11. The van der Waals surface area contributed by atoms with Gasteiger partial charge >= 0.3 is 0 Å². The van der Waals surface area contributed by atoms with Crippen LogP contribution in [0.25, 0.3) is 0 Å². The van der Waals surface area contributed by atoms with E-state index in [0.29, 0.717) is 25.3 Å². The van der Waals surface area contributed by atoms with Gasteiger partial charge in [-0.3, -0.25) is 9.78 Å². The lowest BCUT2D eigenvalue weighted by atomic mass is 9.89. The van der Waals surface area contributed by atoms with Gasteiger partial charge in [0.2, 0.25) is 0 Å². The minimum Gasteiger partial charge on any atom is -0.381 e. The Morgan fingerprint density at radius 1 is 1.42 bits per heavy atom. The Hall–Kier alpha value is -1.46. The number of aryl methyl sites for hydroxylation is 2. The first kappa shape index (κ1) is 14.0. The van der Waals surface area contributed by atoms with Crippen molar-refractivity contribution in [2.75, 3.05) is 19.8 Å². The van der Waals surface area contributed by atoms with E-state index in [0.717, 1.165) is 24.2 Å². The second kappa shape index (κ2) is 5.67. The molecule has 19 heavy (non-hydrogen) atoms. The van der Waals surface area contributed by atoms with Crippen LogP contribution in [0.3, 0.4) is 0 Å². The lowest BCUT2D eigenvalue weighted by Crippen LogP contribution is -2.56. The predicted octanol–water partition coefficient (Wildman–Crippen LogP) is 0.936. The normalized spacial score (nSPS) is 18.1. The van der Waals surface area contributed by atoms with Gasteiger partial charge in [-0.2, -0.15) is 0 Å². The van der Waals surface area contributed by atoms with Crippen LogP contribution in [0.15, 0.2) is 12.1 Å². The Labute approximate surface area is 113 Å². The van der Waals surface area contributed by atoms with Crippen molar-refractivity contribution in [2.24, 2.45) is 5.73 Å². The van der Waals surface area contributed by atoms with Crippen molar-refractivity contribution in [2.45, 2.75) is 32.2 Å². The molecule has 0 radical (unpaired) electrons. The van der Waals surface area contributed by atoms with Crippen LogP contribution in [0.1, 0.15) is 34.6 Å². The van der Waals surface area contributed by atoms with Crippen LogP contribution in [-0.2, 0) is 4.74 Å². The minimum atomic E-state index is -0.341. The Morgan fingerprint density at radius 2 is 2.11 bits per heavy atom. The summed E-state index contributed by atoms with van der Waals surface area (Å²) in [6.07, 6.45) is 1.52. The number of hydrogen-bond donors (Lipinski definition) is 2. The summed E-state index contributed by atoms with van der Waals surface area (Å²) >= 11 is 0. The molecule has 1 aromatic rings. The van der Waals surface area contributed by atoms with Gasteiger partial charge in [0.25, 0.3) is 5.91 Å². The van der Waals surface area contributed by atoms with Crippen molar-refractivity contribution in [3.63, 3.8) is 0 Å². The largest absolute Gasteiger partial charge is 0.381 e. The number of nitrogens with one attached hydrogen (secondary N) is 1. The van der Waals surface area contributed by atoms with Gasteiger partial charge in [-0.1, -0.05) is 0 Å². The molecule has 1 aromatic heterocycles. The summed E-state index contributed by atoms with van der Waals surface area (Å²) in [5, 5.41) is 3.07. The molecule has 5 heteroatoms. The van der Waals surface area contributed by atoms with E-state index in [1.54, 1.807) is 0 Å². The molecule has 0 spiro atoms. The molecule has 1 aliphatic heterocycles. The molecule has 0 unspecified atom stereocenters. The highest BCUT2D eigenvalue weighted by atomic mass is 16.5. The van der Waals surface area contributed by atoms with Crippen LogP contribution in [0, 0.1) is 13.8 Å². The zero-order valence-electron chi connectivity index (χ0n) is 11.5. The fourth-order valence-corrected chi connectivity index (χ4v) is 2.38. The highest BCUT2D eigenvalue weighted by Gasteiger charge is 2.33. The van der Waals surface area contributed by atoms with E-state index in [4.69, 9.17) is 10.5 Å². The van der Waals surface area contributed by atoms with Crippen molar-refractivity contribution >= 4 is 5.91 Å². The summed E-state index contributed by atoms with van der Waals surface area (Å²) in [6.45, 7) is 5.47. The second-order valence-electron chi connectivity index (χ2n) is 5.14. The van der Waals surface area contributed by atoms with Gasteiger partial charge in [0.15, 0.2) is 0 Å². The first-order valence-corrected chi connectivity index (χ1v) is 6.61. The number of hydrogen-bond acceptors (Lipinski definition) is 4. The number of carbonyl (C=O) groups excluding carboxylic acids is 1. The standard InChI is InChI=1S/C14H21N3O2/c1-10-3-4-12(11(2)16-10)13(18)17-14(9-15)5-7-19-8-6-14/h3-4H,5-9,15H2,1-2H3,(H,17,18). The van der Waals surface area contributed by atoms with Gasteiger partial charge in [0, 0.05) is 25.5 Å². The first-order valence-electron chi connectivity index (χ1n) is 6.61. The van der Waals surface area contributed by atoms with Crippen LogP contribution < -0.4 is 11.1 Å². The fraction of sp³-hybridized carbons (Fsp3) is 0.571. The van der Waals surface area contributed by atoms with Crippen LogP contribution in [0.2, 0.25) is 0 Å². The van der Waals surface area contributed by atoms with E-state index in [9.17, 15) is 4.79 Å². The van der Waals surface area contributed by atoms with E-state index in [-0.39, 0.29) is 11.4 Å².